The van der Waals surface area contributed by atoms with Crippen molar-refractivity contribution in [2.75, 3.05) is 0 Å². The van der Waals surface area contributed by atoms with E-state index in [0.717, 1.165) is 21.1 Å². The minimum atomic E-state index is 0.521. The van der Waals surface area contributed by atoms with Gasteiger partial charge in [-0.1, -0.05) is 18.5 Å². The summed E-state index contributed by atoms with van der Waals surface area (Å²) in [6, 6.07) is 0. The Morgan fingerprint density at radius 3 is 2.92 bits per heavy atom. The van der Waals surface area contributed by atoms with E-state index in [-0.39, 0.29) is 0 Å². The molecule has 0 aliphatic rings. The van der Waals surface area contributed by atoms with Gasteiger partial charge in [-0.15, -0.1) is 11.3 Å². The maximum absolute atomic E-state index is 5.96. The van der Waals surface area contributed by atoms with Gasteiger partial charge in [0.2, 0.25) is 0 Å². The number of hydrogen-bond acceptors (Lipinski definition) is 3. The van der Waals surface area contributed by atoms with E-state index < -0.39 is 0 Å². The Bertz CT molecular complexity index is 455. The summed E-state index contributed by atoms with van der Waals surface area (Å²) in [7, 11) is 0. The molecule has 0 radical (unpaired) electrons. The van der Waals surface area contributed by atoms with E-state index in [0.29, 0.717) is 5.15 Å². The number of thiophene rings is 1. The molecular formula is C8H6BrClN2S. The molecule has 0 aliphatic heterocycles. The summed E-state index contributed by atoms with van der Waals surface area (Å²) < 4.78 is 1.04. The zero-order chi connectivity index (χ0) is 9.42. The van der Waals surface area contributed by atoms with Crippen LogP contribution < -0.4 is 0 Å². The third kappa shape index (κ3) is 1.47. The van der Waals surface area contributed by atoms with Gasteiger partial charge in [0.25, 0.3) is 0 Å². The zero-order valence-corrected chi connectivity index (χ0v) is 10.0. The lowest BCUT2D eigenvalue weighted by atomic mass is 10.3. The second-order valence-corrected chi connectivity index (χ2v) is 4.77. The molecular weight excluding hydrogens is 272 g/mol. The van der Waals surface area contributed by atoms with Crippen LogP contribution >= 0.6 is 38.9 Å². The maximum Gasteiger partial charge on any atom is 0.142 e. The van der Waals surface area contributed by atoms with E-state index in [9.17, 15) is 0 Å². The number of nitrogens with zero attached hydrogens (tertiary/aromatic N) is 2. The maximum atomic E-state index is 5.96. The summed E-state index contributed by atoms with van der Waals surface area (Å²) >= 11 is 11.1. The Labute approximate surface area is 93.1 Å². The number of hydrogen-bond donors (Lipinski definition) is 0. The normalized spacial score (nSPS) is 11.0. The topological polar surface area (TPSA) is 25.8 Å². The van der Waals surface area contributed by atoms with Crippen molar-refractivity contribution in [2.24, 2.45) is 0 Å². The molecule has 0 aliphatic carbocycles. The minimum Gasteiger partial charge on any atom is -0.225 e. The molecule has 2 heterocycles. The number of aryl methyl sites for hydroxylation is 1. The molecule has 0 aromatic carbocycles. The fourth-order valence-electron chi connectivity index (χ4n) is 1.14. The Morgan fingerprint density at radius 2 is 2.31 bits per heavy atom. The van der Waals surface area contributed by atoms with Crippen molar-refractivity contribution in [3.8, 4) is 0 Å². The molecule has 2 nitrogen and oxygen atoms in total. The van der Waals surface area contributed by atoms with Crippen molar-refractivity contribution >= 4 is 49.1 Å². The zero-order valence-electron chi connectivity index (χ0n) is 6.84. The van der Waals surface area contributed by atoms with E-state index in [1.165, 1.54) is 11.2 Å². The lowest BCUT2D eigenvalue weighted by Crippen LogP contribution is -1.78. The Morgan fingerprint density at radius 1 is 1.54 bits per heavy atom. The molecule has 68 valence electrons. The van der Waals surface area contributed by atoms with Crippen molar-refractivity contribution in [1.82, 2.24) is 9.97 Å². The highest BCUT2D eigenvalue weighted by molar-refractivity contribution is 9.10. The lowest BCUT2D eigenvalue weighted by molar-refractivity contribution is 1.18. The minimum absolute atomic E-state index is 0.521. The van der Waals surface area contributed by atoms with Gasteiger partial charge in [0.1, 0.15) is 16.3 Å². The van der Waals surface area contributed by atoms with Crippen molar-refractivity contribution in [1.29, 1.82) is 0 Å². The number of halogens is 2. The Kier molecular flexibility index (Phi) is 2.53. The van der Waals surface area contributed by atoms with E-state index in [4.69, 9.17) is 11.6 Å². The SMILES string of the molecule is CCc1sc2ncnc(Cl)c2c1Br. The van der Waals surface area contributed by atoms with E-state index >= 15 is 0 Å². The van der Waals surface area contributed by atoms with Crippen LogP contribution in [0.25, 0.3) is 10.2 Å². The van der Waals surface area contributed by atoms with E-state index in [1.807, 2.05) is 0 Å². The van der Waals surface area contributed by atoms with Crippen molar-refractivity contribution < 1.29 is 0 Å². The van der Waals surface area contributed by atoms with Gasteiger partial charge >= 0.3 is 0 Å². The monoisotopic (exact) mass is 276 g/mol. The van der Waals surface area contributed by atoms with E-state index in [1.54, 1.807) is 11.3 Å². The average Bonchev–Trinajstić information content (AvgIpc) is 2.44. The second kappa shape index (κ2) is 3.52. The van der Waals surface area contributed by atoms with Crippen LogP contribution in [-0.2, 0) is 6.42 Å². The predicted octanol–water partition coefficient (Wildman–Crippen LogP) is 3.67. The van der Waals surface area contributed by atoms with Crippen LogP contribution in [0.2, 0.25) is 5.15 Å². The summed E-state index contributed by atoms with van der Waals surface area (Å²) in [5, 5.41) is 1.46. The lowest BCUT2D eigenvalue weighted by Gasteiger charge is -1.92. The van der Waals surface area contributed by atoms with Gasteiger partial charge in [-0.05, 0) is 22.4 Å². The molecule has 0 saturated heterocycles. The fraction of sp³-hybridized carbons (Fsp3) is 0.250. The summed E-state index contributed by atoms with van der Waals surface area (Å²) in [6.07, 6.45) is 2.48. The van der Waals surface area contributed by atoms with Gasteiger partial charge in [0.05, 0.1) is 5.39 Å². The third-order valence-electron chi connectivity index (χ3n) is 1.77. The standard InChI is InChI=1S/C8H6BrClN2S/c1-2-4-6(9)5-7(10)11-3-12-8(5)13-4/h3H,2H2,1H3. The second-order valence-electron chi connectivity index (χ2n) is 2.54. The molecule has 0 atom stereocenters. The third-order valence-corrected chi connectivity index (χ3v) is 4.44. The van der Waals surface area contributed by atoms with Gasteiger partial charge in [-0.3, -0.25) is 0 Å². The molecule has 2 aromatic heterocycles. The van der Waals surface area contributed by atoms with Crippen LogP contribution in [-0.4, -0.2) is 9.97 Å². The summed E-state index contributed by atoms with van der Waals surface area (Å²) in [4.78, 5) is 10.3. The molecule has 0 bridgehead atoms. The first kappa shape index (κ1) is 9.37. The molecule has 5 heteroatoms. The molecule has 0 spiro atoms. The first-order valence-electron chi connectivity index (χ1n) is 3.81. The van der Waals surface area contributed by atoms with Crippen LogP contribution in [0.15, 0.2) is 10.8 Å². The smallest absolute Gasteiger partial charge is 0.142 e. The molecule has 0 unspecified atom stereocenters. The quantitative estimate of drug-likeness (QED) is 0.743. The Balaban J connectivity index is 2.85. The largest absolute Gasteiger partial charge is 0.225 e. The van der Waals surface area contributed by atoms with Crippen molar-refractivity contribution in [2.45, 2.75) is 13.3 Å². The fourth-order valence-corrected chi connectivity index (χ4v) is 3.54. The van der Waals surface area contributed by atoms with Crippen molar-refractivity contribution in [3.63, 3.8) is 0 Å². The number of rotatable bonds is 1. The molecule has 2 aromatic rings. The summed E-state index contributed by atoms with van der Waals surface area (Å²) in [5.41, 5.74) is 0. The molecule has 0 saturated carbocycles. The van der Waals surface area contributed by atoms with Gasteiger partial charge in [-0.2, -0.15) is 0 Å². The molecule has 0 fully saturated rings. The van der Waals surface area contributed by atoms with Gasteiger partial charge < -0.3 is 0 Å². The van der Waals surface area contributed by atoms with Gasteiger partial charge in [-0.25, -0.2) is 9.97 Å². The highest BCUT2D eigenvalue weighted by Crippen LogP contribution is 2.37. The van der Waals surface area contributed by atoms with Crippen LogP contribution in [0.3, 0.4) is 0 Å². The summed E-state index contributed by atoms with van der Waals surface area (Å²) in [6.45, 7) is 2.11. The first-order chi connectivity index (χ1) is 6.24. The highest BCUT2D eigenvalue weighted by atomic mass is 79.9. The average molecular weight is 278 g/mol. The number of aromatic nitrogens is 2. The summed E-state index contributed by atoms with van der Waals surface area (Å²) in [5.74, 6) is 0. The van der Waals surface area contributed by atoms with Crippen molar-refractivity contribution in [3.05, 3.63) is 20.8 Å². The molecule has 0 N–H and O–H groups in total. The predicted molar refractivity (Wildman–Crippen MR) is 59.5 cm³/mol. The van der Waals surface area contributed by atoms with Gasteiger partial charge in [0, 0.05) is 9.35 Å². The van der Waals surface area contributed by atoms with Gasteiger partial charge in [0.15, 0.2) is 0 Å². The first-order valence-corrected chi connectivity index (χ1v) is 5.80. The molecule has 13 heavy (non-hydrogen) atoms. The van der Waals surface area contributed by atoms with Crippen LogP contribution in [0.4, 0.5) is 0 Å². The van der Waals surface area contributed by atoms with Crippen LogP contribution in [0.1, 0.15) is 11.8 Å². The van der Waals surface area contributed by atoms with Crippen LogP contribution in [0.5, 0.6) is 0 Å². The van der Waals surface area contributed by atoms with Crippen LogP contribution in [0, 0.1) is 0 Å². The number of fused-ring (bicyclic) bond motifs is 1. The molecule has 2 rings (SSSR count). The Hall–Kier alpha value is -0.190. The highest BCUT2D eigenvalue weighted by Gasteiger charge is 2.12. The molecule has 0 amide bonds. The van der Waals surface area contributed by atoms with E-state index in [2.05, 4.69) is 32.8 Å².